The third-order valence-electron chi connectivity index (χ3n) is 2.47. The third kappa shape index (κ3) is 5.98. The monoisotopic (exact) mass is 273 g/mol. The summed E-state index contributed by atoms with van der Waals surface area (Å²) in [5.74, 6) is -0.962. The molecule has 0 aliphatic carbocycles. The summed E-state index contributed by atoms with van der Waals surface area (Å²) in [5.41, 5.74) is 0. The van der Waals surface area contributed by atoms with Crippen LogP contribution in [0.25, 0.3) is 0 Å². The molecule has 1 aromatic carbocycles. The van der Waals surface area contributed by atoms with E-state index in [1.807, 2.05) is 0 Å². The zero-order valence-electron chi connectivity index (χ0n) is 11.6. The summed E-state index contributed by atoms with van der Waals surface area (Å²) >= 11 is 0. The first-order valence-electron chi connectivity index (χ1n) is 6.34. The molecule has 1 N–H and O–H groups in total. The van der Waals surface area contributed by atoms with Crippen molar-refractivity contribution >= 4 is 0 Å². The number of ether oxygens (including phenoxy) is 2. The fraction of sp³-hybridized carbons (Fsp3) is 0.571. The molecule has 0 aliphatic heterocycles. The normalized spacial score (nSPS) is 12.7. The van der Waals surface area contributed by atoms with Gasteiger partial charge < -0.3 is 14.8 Å². The molecule has 0 heterocycles. The van der Waals surface area contributed by atoms with Gasteiger partial charge in [0.25, 0.3) is 0 Å². The standard InChI is InChI=1S/C14H21F2NO2/c1-10(2)7-17-8-12(9-18-3)19-11-4-5-13(15)14(16)6-11/h4-6,10,12,17H,7-9H2,1-3H3. The summed E-state index contributed by atoms with van der Waals surface area (Å²) in [7, 11) is 1.57. The number of benzene rings is 1. The van der Waals surface area contributed by atoms with Crippen LogP contribution in [0.3, 0.4) is 0 Å². The Morgan fingerprint density at radius 1 is 1.16 bits per heavy atom. The van der Waals surface area contributed by atoms with E-state index in [1.165, 1.54) is 6.07 Å². The summed E-state index contributed by atoms with van der Waals surface area (Å²) < 4.78 is 36.5. The molecule has 0 aromatic heterocycles. The summed E-state index contributed by atoms with van der Waals surface area (Å²) in [6.45, 7) is 6.04. The highest BCUT2D eigenvalue weighted by molar-refractivity contribution is 5.23. The van der Waals surface area contributed by atoms with Crippen LogP contribution in [0.15, 0.2) is 18.2 Å². The van der Waals surface area contributed by atoms with Gasteiger partial charge in [-0.2, -0.15) is 0 Å². The zero-order chi connectivity index (χ0) is 14.3. The van der Waals surface area contributed by atoms with Gasteiger partial charge in [-0.1, -0.05) is 13.8 Å². The predicted octanol–water partition coefficient (Wildman–Crippen LogP) is 2.60. The topological polar surface area (TPSA) is 30.5 Å². The summed E-state index contributed by atoms with van der Waals surface area (Å²) in [4.78, 5) is 0. The van der Waals surface area contributed by atoms with Gasteiger partial charge in [0.1, 0.15) is 11.9 Å². The van der Waals surface area contributed by atoms with Crippen molar-refractivity contribution < 1.29 is 18.3 Å². The number of hydrogen-bond donors (Lipinski definition) is 1. The fourth-order valence-corrected chi connectivity index (χ4v) is 1.60. The molecule has 1 atom stereocenters. The Hall–Kier alpha value is -1.20. The lowest BCUT2D eigenvalue weighted by Gasteiger charge is -2.19. The number of rotatable bonds is 8. The minimum atomic E-state index is -0.913. The van der Waals surface area contributed by atoms with E-state index in [4.69, 9.17) is 9.47 Å². The summed E-state index contributed by atoms with van der Waals surface area (Å²) in [6.07, 6.45) is -0.242. The van der Waals surface area contributed by atoms with Crippen molar-refractivity contribution in [2.75, 3.05) is 26.8 Å². The van der Waals surface area contributed by atoms with Crippen LogP contribution in [-0.2, 0) is 4.74 Å². The van der Waals surface area contributed by atoms with Gasteiger partial charge in [0, 0.05) is 19.7 Å². The van der Waals surface area contributed by atoms with Gasteiger partial charge in [-0.05, 0) is 24.6 Å². The third-order valence-corrected chi connectivity index (χ3v) is 2.47. The van der Waals surface area contributed by atoms with Gasteiger partial charge in [0.2, 0.25) is 0 Å². The molecule has 0 bridgehead atoms. The Bertz CT molecular complexity index is 386. The van der Waals surface area contributed by atoms with Crippen LogP contribution >= 0.6 is 0 Å². The second-order valence-electron chi connectivity index (χ2n) is 4.82. The molecule has 0 amide bonds. The Kier molecular flexibility index (Phi) is 6.73. The second-order valence-corrected chi connectivity index (χ2v) is 4.82. The Morgan fingerprint density at radius 3 is 2.47 bits per heavy atom. The molecule has 0 saturated carbocycles. The van der Waals surface area contributed by atoms with Crippen molar-refractivity contribution in [2.45, 2.75) is 20.0 Å². The van der Waals surface area contributed by atoms with Gasteiger partial charge in [0.05, 0.1) is 6.61 Å². The van der Waals surface area contributed by atoms with Gasteiger partial charge in [-0.15, -0.1) is 0 Å². The second kappa shape index (κ2) is 8.07. The predicted molar refractivity (Wildman–Crippen MR) is 70.4 cm³/mol. The maximum absolute atomic E-state index is 13.1. The fourth-order valence-electron chi connectivity index (χ4n) is 1.60. The first-order chi connectivity index (χ1) is 9.02. The van der Waals surface area contributed by atoms with Crippen LogP contribution in [0, 0.1) is 17.6 Å². The lowest BCUT2D eigenvalue weighted by molar-refractivity contribution is 0.0799. The molecular weight excluding hydrogens is 252 g/mol. The van der Waals surface area contributed by atoms with Crippen LogP contribution < -0.4 is 10.1 Å². The Balaban J connectivity index is 2.54. The molecule has 0 saturated heterocycles. The van der Waals surface area contributed by atoms with Gasteiger partial charge in [0.15, 0.2) is 11.6 Å². The lowest BCUT2D eigenvalue weighted by Crippen LogP contribution is -2.36. The SMILES string of the molecule is COCC(CNCC(C)C)Oc1ccc(F)c(F)c1. The Labute approximate surface area is 112 Å². The molecule has 5 heteroatoms. The van der Waals surface area contributed by atoms with Crippen LogP contribution in [0.5, 0.6) is 5.75 Å². The molecule has 0 radical (unpaired) electrons. The molecule has 1 rings (SSSR count). The largest absolute Gasteiger partial charge is 0.487 e. The van der Waals surface area contributed by atoms with Gasteiger partial charge in [-0.3, -0.25) is 0 Å². The Morgan fingerprint density at radius 2 is 1.89 bits per heavy atom. The van der Waals surface area contributed by atoms with Gasteiger partial charge >= 0.3 is 0 Å². The highest BCUT2D eigenvalue weighted by Gasteiger charge is 2.12. The molecule has 19 heavy (non-hydrogen) atoms. The van der Waals surface area contributed by atoms with Crippen molar-refractivity contribution in [1.29, 1.82) is 0 Å². The van der Waals surface area contributed by atoms with Crippen molar-refractivity contribution in [2.24, 2.45) is 5.92 Å². The maximum Gasteiger partial charge on any atom is 0.162 e. The van der Waals surface area contributed by atoms with E-state index in [1.54, 1.807) is 7.11 Å². The van der Waals surface area contributed by atoms with Crippen LogP contribution in [0.2, 0.25) is 0 Å². The van der Waals surface area contributed by atoms with Crippen LogP contribution in [0.4, 0.5) is 8.78 Å². The highest BCUT2D eigenvalue weighted by atomic mass is 19.2. The number of methoxy groups -OCH3 is 1. The highest BCUT2D eigenvalue weighted by Crippen LogP contribution is 2.16. The van der Waals surface area contributed by atoms with Crippen molar-refractivity contribution in [3.63, 3.8) is 0 Å². The minimum absolute atomic E-state index is 0.242. The van der Waals surface area contributed by atoms with Gasteiger partial charge in [-0.25, -0.2) is 8.78 Å². The summed E-state index contributed by atoms with van der Waals surface area (Å²) in [6, 6.07) is 3.50. The molecular formula is C14H21F2NO2. The smallest absolute Gasteiger partial charge is 0.162 e. The van der Waals surface area contributed by atoms with Crippen molar-refractivity contribution in [3.8, 4) is 5.75 Å². The summed E-state index contributed by atoms with van der Waals surface area (Å²) in [5, 5.41) is 3.24. The maximum atomic E-state index is 13.1. The molecule has 0 aliphatic rings. The lowest BCUT2D eigenvalue weighted by atomic mass is 10.2. The average molecular weight is 273 g/mol. The molecule has 1 unspecified atom stereocenters. The van der Waals surface area contributed by atoms with E-state index < -0.39 is 11.6 Å². The average Bonchev–Trinajstić information content (AvgIpc) is 2.33. The van der Waals surface area contributed by atoms with Crippen molar-refractivity contribution in [3.05, 3.63) is 29.8 Å². The van der Waals surface area contributed by atoms with E-state index in [2.05, 4.69) is 19.2 Å². The first kappa shape index (κ1) is 15.9. The van der Waals surface area contributed by atoms with E-state index in [0.29, 0.717) is 24.8 Å². The van der Waals surface area contributed by atoms with E-state index >= 15 is 0 Å². The molecule has 0 fully saturated rings. The molecule has 3 nitrogen and oxygen atoms in total. The first-order valence-corrected chi connectivity index (χ1v) is 6.34. The van der Waals surface area contributed by atoms with E-state index in [0.717, 1.165) is 18.7 Å². The van der Waals surface area contributed by atoms with Crippen LogP contribution in [0.1, 0.15) is 13.8 Å². The van der Waals surface area contributed by atoms with Crippen molar-refractivity contribution in [1.82, 2.24) is 5.32 Å². The molecule has 0 spiro atoms. The van der Waals surface area contributed by atoms with E-state index in [-0.39, 0.29) is 6.10 Å². The molecule has 108 valence electrons. The molecule has 1 aromatic rings. The quantitative estimate of drug-likeness (QED) is 0.789. The van der Waals surface area contributed by atoms with E-state index in [9.17, 15) is 8.78 Å². The van der Waals surface area contributed by atoms with Crippen LogP contribution in [-0.4, -0.2) is 32.9 Å². The number of nitrogens with one attached hydrogen (secondary N) is 1. The minimum Gasteiger partial charge on any atom is -0.487 e. The number of halogens is 2. The number of hydrogen-bond acceptors (Lipinski definition) is 3. The zero-order valence-corrected chi connectivity index (χ0v) is 11.6.